The minimum Gasteiger partial charge on any atom is -0.385 e. The van der Waals surface area contributed by atoms with E-state index in [1.807, 2.05) is 0 Å². The van der Waals surface area contributed by atoms with Gasteiger partial charge in [-0.3, -0.25) is 9.13 Å². The van der Waals surface area contributed by atoms with Crippen LogP contribution in [0.25, 0.3) is 16.9 Å². The monoisotopic (exact) mass is 559 g/mol. The minimum absolute atomic E-state index is 0.0275. The maximum atomic E-state index is 13.8. The number of aliphatic hydroxyl groups is 2. The van der Waals surface area contributed by atoms with Crippen molar-refractivity contribution in [2.24, 2.45) is 0 Å². The molecule has 14 heteroatoms. The number of imidazole rings is 1. The maximum absolute atomic E-state index is 13.8. The molecule has 0 spiro atoms. The molecule has 0 bridgehead atoms. The van der Waals surface area contributed by atoms with Gasteiger partial charge in [0.25, 0.3) is 0 Å². The Balaban J connectivity index is 1.82. The first-order valence-corrected chi connectivity index (χ1v) is 11.5. The van der Waals surface area contributed by atoms with Crippen LogP contribution in [0.15, 0.2) is 53.3 Å². The molecule has 196 valence electrons. The zero-order valence-electron chi connectivity index (χ0n) is 19.0. The van der Waals surface area contributed by atoms with Gasteiger partial charge in [0.1, 0.15) is 17.1 Å². The first-order valence-electron chi connectivity index (χ1n) is 10.8. The third-order valence-corrected chi connectivity index (χ3v) is 6.05. The van der Waals surface area contributed by atoms with Gasteiger partial charge in [0, 0.05) is 10.6 Å². The molecule has 0 aliphatic rings. The van der Waals surface area contributed by atoms with Gasteiger partial charge in [0.15, 0.2) is 17.8 Å². The van der Waals surface area contributed by atoms with Crippen LogP contribution >= 0.6 is 23.2 Å². The van der Waals surface area contributed by atoms with E-state index < -0.39 is 43.0 Å². The van der Waals surface area contributed by atoms with E-state index in [1.165, 1.54) is 54.1 Å². The molecule has 0 saturated heterocycles. The Morgan fingerprint density at radius 1 is 1.05 bits per heavy atom. The second-order valence-electron chi connectivity index (χ2n) is 8.14. The third-order valence-electron chi connectivity index (χ3n) is 5.42. The molecular formula is C23H19Cl2F4N5O3. The van der Waals surface area contributed by atoms with Crippen molar-refractivity contribution in [2.45, 2.75) is 38.4 Å². The zero-order valence-corrected chi connectivity index (χ0v) is 20.5. The summed E-state index contributed by atoms with van der Waals surface area (Å²) in [5.41, 5.74) is -0.505. The Labute approximate surface area is 216 Å². The SMILES string of the molecule is CC(O)c1nc(Cn2c(Cl)c(-c3ccc(Cl)cc3)n(CC(O)C(F)(F)F)c2=O)nn1-c1cccc(F)c1. The second kappa shape index (κ2) is 10.3. The first kappa shape index (κ1) is 26.9. The summed E-state index contributed by atoms with van der Waals surface area (Å²) in [6.45, 7) is -0.0944. The fourth-order valence-electron chi connectivity index (χ4n) is 3.68. The lowest BCUT2D eigenvalue weighted by Gasteiger charge is -2.16. The van der Waals surface area contributed by atoms with Gasteiger partial charge in [0.05, 0.1) is 24.5 Å². The molecular weight excluding hydrogens is 541 g/mol. The van der Waals surface area contributed by atoms with Crippen LogP contribution < -0.4 is 5.69 Å². The van der Waals surface area contributed by atoms with Crippen molar-refractivity contribution in [1.82, 2.24) is 23.9 Å². The summed E-state index contributed by atoms with van der Waals surface area (Å²) in [5, 5.41) is 24.2. The molecule has 37 heavy (non-hydrogen) atoms. The van der Waals surface area contributed by atoms with Crippen molar-refractivity contribution in [2.75, 3.05) is 0 Å². The van der Waals surface area contributed by atoms with Crippen LogP contribution in [0.2, 0.25) is 10.2 Å². The molecule has 0 amide bonds. The predicted octanol–water partition coefficient (Wildman–Crippen LogP) is 4.37. The van der Waals surface area contributed by atoms with Gasteiger partial charge in [-0.2, -0.15) is 13.2 Å². The maximum Gasteiger partial charge on any atom is 0.416 e. The molecule has 2 heterocycles. The summed E-state index contributed by atoms with van der Waals surface area (Å²) < 4.78 is 56.0. The molecule has 2 aromatic heterocycles. The number of nitrogens with zero attached hydrogens (tertiary/aromatic N) is 5. The van der Waals surface area contributed by atoms with Crippen LogP contribution in [0.4, 0.5) is 17.6 Å². The van der Waals surface area contributed by atoms with Crippen LogP contribution in [0.3, 0.4) is 0 Å². The molecule has 0 fully saturated rings. The van der Waals surface area contributed by atoms with E-state index in [9.17, 15) is 32.6 Å². The van der Waals surface area contributed by atoms with E-state index >= 15 is 0 Å². The molecule has 4 aromatic rings. The zero-order chi connectivity index (χ0) is 27.1. The summed E-state index contributed by atoms with van der Waals surface area (Å²) in [6, 6.07) is 11.2. The summed E-state index contributed by atoms with van der Waals surface area (Å²) >= 11 is 12.4. The highest BCUT2D eigenvalue weighted by Gasteiger charge is 2.39. The van der Waals surface area contributed by atoms with Crippen LogP contribution in [-0.4, -0.2) is 46.4 Å². The average Bonchev–Trinajstić information content (AvgIpc) is 3.35. The largest absolute Gasteiger partial charge is 0.416 e. The fourth-order valence-corrected chi connectivity index (χ4v) is 4.14. The van der Waals surface area contributed by atoms with Crippen molar-refractivity contribution in [3.05, 3.63) is 86.7 Å². The van der Waals surface area contributed by atoms with Gasteiger partial charge in [-0.1, -0.05) is 41.4 Å². The molecule has 2 unspecified atom stereocenters. The van der Waals surface area contributed by atoms with E-state index in [2.05, 4.69) is 10.1 Å². The normalized spacial score (nSPS) is 13.6. The van der Waals surface area contributed by atoms with Gasteiger partial charge < -0.3 is 10.2 Å². The first-order chi connectivity index (χ1) is 17.4. The lowest BCUT2D eigenvalue weighted by atomic mass is 10.1. The Bertz CT molecular complexity index is 1480. The second-order valence-corrected chi connectivity index (χ2v) is 8.93. The lowest BCUT2D eigenvalue weighted by molar-refractivity contribution is -0.207. The number of rotatable bonds is 7. The summed E-state index contributed by atoms with van der Waals surface area (Å²) in [4.78, 5) is 17.5. The lowest BCUT2D eigenvalue weighted by Crippen LogP contribution is -2.37. The van der Waals surface area contributed by atoms with Gasteiger partial charge in [-0.25, -0.2) is 18.9 Å². The number of benzene rings is 2. The molecule has 8 nitrogen and oxygen atoms in total. The number of aromatic nitrogens is 5. The van der Waals surface area contributed by atoms with Crippen LogP contribution in [-0.2, 0) is 13.1 Å². The van der Waals surface area contributed by atoms with Gasteiger partial charge in [-0.05, 0) is 37.3 Å². The number of alkyl halides is 3. The number of aliphatic hydroxyl groups excluding tert-OH is 2. The summed E-state index contributed by atoms with van der Waals surface area (Å²) in [7, 11) is 0. The molecule has 2 atom stereocenters. The highest BCUT2D eigenvalue weighted by Crippen LogP contribution is 2.31. The average molecular weight is 560 g/mol. The van der Waals surface area contributed by atoms with E-state index in [4.69, 9.17) is 23.2 Å². The molecule has 0 aliphatic carbocycles. The van der Waals surface area contributed by atoms with Crippen molar-refractivity contribution in [1.29, 1.82) is 0 Å². The Morgan fingerprint density at radius 3 is 2.32 bits per heavy atom. The van der Waals surface area contributed by atoms with E-state index in [0.717, 1.165) is 10.6 Å². The van der Waals surface area contributed by atoms with Gasteiger partial charge in [-0.15, -0.1) is 5.10 Å². The molecule has 2 N–H and O–H groups in total. The van der Waals surface area contributed by atoms with Crippen LogP contribution in [0.1, 0.15) is 24.7 Å². The van der Waals surface area contributed by atoms with E-state index in [-0.39, 0.29) is 33.7 Å². The number of halogens is 6. The Kier molecular flexibility index (Phi) is 7.47. The van der Waals surface area contributed by atoms with E-state index in [1.54, 1.807) is 0 Å². The quantitative estimate of drug-likeness (QED) is 0.328. The van der Waals surface area contributed by atoms with Gasteiger partial charge in [0.2, 0.25) is 0 Å². The Morgan fingerprint density at radius 2 is 1.73 bits per heavy atom. The van der Waals surface area contributed by atoms with Crippen molar-refractivity contribution in [3.63, 3.8) is 0 Å². The van der Waals surface area contributed by atoms with Gasteiger partial charge >= 0.3 is 11.9 Å². The molecule has 4 rings (SSSR count). The van der Waals surface area contributed by atoms with Crippen LogP contribution in [0.5, 0.6) is 0 Å². The van der Waals surface area contributed by atoms with Crippen LogP contribution in [0, 0.1) is 5.82 Å². The minimum atomic E-state index is -4.98. The van der Waals surface area contributed by atoms with Crippen molar-refractivity contribution >= 4 is 23.2 Å². The van der Waals surface area contributed by atoms with Crippen molar-refractivity contribution < 1.29 is 27.8 Å². The molecule has 0 saturated carbocycles. The third kappa shape index (κ3) is 5.57. The smallest absolute Gasteiger partial charge is 0.385 e. The fraction of sp³-hybridized carbons (Fsp3) is 0.261. The highest BCUT2D eigenvalue weighted by molar-refractivity contribution is 6.32. The number of hydrogen-bond acceptors (Lipinski definition) is 5. The highest BCUT2D eigenvalue weighted by atomic mass is 35.5. The molecule has 0 aliphatic heterocycles. The number of hydrogen-bond donors (Lipinski definition) is 2. The molecule has 2 aromatic carbocycles. The summed E-state index contributed by atoms with van der Waals surface area (Å²) in [6.07, 6.45) is -8.95. The van der Waals surface area contributed by atoms with E-state index in [0.29, 0.717) is 9.59 Å². The predicted molar refractivity (Wildman–Crippen MR) is 127 cm³/mol. The summed E-state index contributed by atoms with van der Waals surface area (Å²) in [5.74, 6) is -0.548. The Hall–Kier alpha value is -3.19. The molecule has 0 radical (unpaired) electrons. The standard InChI is InChI=1S/C23H19Cl2F4N5O3/c1-12(35)21-30-18(31-34(21)16-4-2-3-15(26)9-16)11-33-20(25)19(13-5-7-14(24)8-6-13)32(22(33)37)10-17(36)23(27,28)29/h2-9,12,17,35-36H,10-11H2,1H3. The van der Waals surface area contributed by atoms with Crippen molar-refractivity contribution in [3.8, 4) is 16.9 Å². The topological polar surface area (TPSA) is 98.1 Å².